The first-order valence-electron chi connectivity index (χ1n) is 17.2. The molecule has 0 aliphatic rings. The summed E-state index contributed by atoms with van der Waals surface area (Å²) in [5, 5.41) is 5.73. The molecule has 48 heavy (non-hydrogen) atoms. The van der Waals surface area contributed by atoms with Crippen LogP contribution in [0.2, 0.25) is 0 Å². The summed E-state index contributed by atoms with van der Waals surface area (Å²) in [6, 6.07) is 19.8. The smallest absolute Gasteiger partial charge is 0.220 e. The van der Waals surface area contributed by atoms with Crippen molar-refractivity contribution >= 4 is 11.8 Å². The van der Waals surface area contributed by atoms with E-state index < -0.39 is 0 Å². The molecule has 1 heterocycles. The zero-order valence-corrected chi connectivity index (χ0v) is 28.4. The van der Waals surface area contributed by atoms with Crippen molar-refractivity contribution in [2.75, 3.05) is 13.1 Å². The Hall–Kier alpha value is -4.97. The minimum atomic E-state index is -0.108. The van der Waals surface area contributed by atoms with Gasteiger partial charge in [0, 0.05) is 43.5 Å². The number of benzene rings is 2. The molecule has 3 rings (SSSR count). The molecule has 0 aliphatic carbocycles. The molecule has 3 aromatic rings. The van der Waals surface area contributed by atoms with Gasteiger partial charge in [0.15, 0.2) is 11.7 Å². The van der Waals surface area contributed by atoms with E-state index in [9.17, 15) is 9.59 Å². The second-order valence-electron chi connectivity index (χ2n) is 11.2. The highest BCUT2D eigenvalue weighted by molar-refractivity contribution is 5.78. The molecule has 0 radical (unpaired) electrons. The van der Waals surface area contributed by atoms with Crippen LogP contribution in [0.1, 0.15) is 70.6 Å². The van der Waals surface area contributed by atoms with Gasteiger partial charge in [-0.1, -0.05) is 140 Å². The van der Waals surface area contributed by atoms with E-state index in [1.807, 2.05) is 66.7 Å². The third-order valence-corrected chi connectivity index (χ3v) is 7.22. The molecule has 0 unspecified atom stereocenters. The Morgan fingerprint density at radius 2 is 1.06 bits per heavy atom. The molecule has 1 aromatic heterocycles. The Labute approximate surface area is 287 Å². The van der Waals surface area contributed by atoms with Crippen molar-refractivity contribution in [2.45, 2.75) is 71.1 Å². The summed E-state index contributed by atoms with van der Waals surface area (Å²) in [5.41, 5.74) is 2.67. The molecule has 6 nitrogen and oxygen atoms in total. The third-order valence-electron chi connectivity index (χ3n) is 7.22. The predicted molar refractivity (Wildman–Crippen MR) is 199 cm³/mol. The molecular formula is C42H51N3O3. The Morgan fingerprint density at radius 3 is 1.58 bits per heavy atom. The highest BCUT2D eigenvalue weighted by Gasteiger charge is 2.17. The zero-order chi connectivity index (χ0) is 33.9. The number of hydrogen-bond donors (Lipinski definition) is 2. The van der Waals surface area contributed by atoms with Gasteiger partial charge in [0.05, 0.1) is 0 Å². The molecule has 0 atom stereocenters. The monoisotopic (exact) mass is 645 g/mol. The van der Waals surface area contributed by atoms with Crippen molar-refractivity contribution in [3.63, 3.8) is 0 Å². The fraction of sp³-hybridized carbons (Fsp3) is 0.310. The molecule has 0 saturated carbocycles. The molecule has 0 bridgehead atoms. The number of allylic oxidation sites excluding steroid dienone is 12. The lowest BCUT2D eigenvalue weighted by atomic mass is 10.1. The normalized spacial score (nSPS) is 12.1. The largest absolute Gasteiger partial charge is 0.440 e. The van der Waals surface area contributed by atoms with E-state index in [0.29, 0.717) is 44.0 Å². The maximum atomic E-state index is 12.4. The molecule has 2 aromatic carbocycles. The Morgan fingerprint density at radius 1 is 0.604 bits per heavy atom. The van der Waals surface area contributed by atoms with Gasteiger partial charge in [-0.05, 0) is 44.9 Å². The van der Waals surface area contributed by atoms with Gasteiger partial charge in [-0.25, -0.2) is 4.98 Å². The van der Waals surface area contributed by atoms with E-state index in [1.165, 1.54) is 0 Å². The topological polar surface area (TPSA) is 84.2 Å². The second-order valence-corrected chi connectivity index (χ2v) is 11.2. The van der Waals surface area contributed by atoms with Crippen molar-refractivity contribution in [3.05, 3.63) is 139 Å². The Kier molecular flexibility index (Phi) is 18.9. The van der Waals surface area contributed by atoms with Crippen LogP contribution in [0.3, 0.4) is 0 Å². The molecule has 252 valence electrons. The minimum absolute atomic E-state index is 0.0227. The number of aromatic nitrogens is 1. The van der Waals surface area contributed by atoms with Crippen LogP contribution in [0.15, 0.2) is 138 Å². The van der Waals surface area contributed by atoms with Crippen LogP contribution in [-0.2, 0) is 16.0 Å². The van der Waals surface area contributed by atoms with Crippen LogP contribution in [0.5, 0.6) is 0 Å². The SMILES string of the molecule is CC/C=C\C/C=C\C/C=C\C/C=C\C/C=C\C/C=C\CCC(=O)NCCNC(=O)CCc1nc(-c2ccccc2)c(-c2ccccc2)o1. The Bertz CT molecular complexity index is 1450. The third kappa shape index (κ3) is 16.0. The first-order chi connectivity index (χ1) is 23.7. The lowest BCUT2D eigenvalue weighted by Gasteiger charge is -2.06. The van der Waals surface area contributed by atoms with Crippen molar-refractivity contribution in [2.24, 2.45) is 0 Å². The van der Waals surface area contributed by atoms with Gasteiger partial charge in [-0.15, -0.1) is 0 Å². The average Bonchev–Trinajstić information content (AvgIpc) is 3.55. The summed E-state index contributed by atoms with van der Waals surface area (Å²) < 4.78 is 6.11. The maximum absolute atomic E-state index is 12.4. The van der Waals surface area contributed by atoms with Crippen molar-refractivity contribution in [1.82, 2.24) is 15.6 Å². The first-order valence-corrected chi connectivity index (χ1v) is 17.2. The average molecular weight is 646 g/mol. The minimum Gasteiger partial charge on any atom is -0.440 e. The van der Waals surface area contributed by atoms with Gasteiger partial charge in [0.1, 0.15) is 5.69 Å². The molecule has 2 N–H and O–H groups in total. The molecule has 0 aliphatic heterocycles. The van der Waals surface area contributed by atoms with E-state index in [4.69, 9.17) is 9.40 Å². The number of carbonyl (C=O) groups is 2. The lowest BCUT2D eigenvalue weighted by Crippen LogP contribution is -2.34. The van der Waals surface area contributed by atoms with E-state index in [1.54, 1.807) is 0 Å². The van der Waals surface area contributed by atoms with Gasteiger partial charge < -0.3 is 15.1 Å². The highest BCUT2D eigenvalue weighted by Crippen LogP contribution is 2.32. The maximum Gasteiger partial charge on any atom is 0.220 e. The van der Waals surface area contributed by atoms with Crippen molar-refractivity contribution < 1.29 is 14.0 Å². The van der Waals surface area contributed by atoms with Gasteiger partial charge in [-0.2, -0.15) is 0 Å². The highest BCUT2D eigenvalue weighted by atomic mass is 16.4. The number of hydrogen-bond acceptors (Lipinski definition) is 4. The van der Waals surface area contributed by atoms with Crippen LogP contribution in [0.4, 0.5) is 0 Å². The van der Waals surface area contributed by atoms with Crippen LogP contribution in [0.25, 0.3) is 22.6 Å². The molecule has 0 saturated heterocycles. The molecule has 6 heteroatoms. The number of oxazole rings is 1. The summed E-state index contributed by atoms with van der Waals surface area (Å²) in [4.78, 5) is 29.3. The van der Waals surface area contributed by atoms with Gasteiger partial charge in [0.2, 0.25) is 11.8 Å². The molecule has 2 amide bonds. The number of rotatable bonds is 22. The summed E-state index contributed by atoms with van der Waals surface area (Å²) in [7, 11) is 0. The predicted octanol–water partition coefficient (Wildman–Crippen LogP) is 9.65. The summed E-state index contributed by atoms with van der Waals surface area (Å²) >= 11 is 0. The second kappa shape index (κ2) is 24.2. The standard InChI is InChI=1S/C42H51N3O3/c1-2-3-4-5-6-7-8-9-10-11-12-13-14-15-16-17-18-19-26-31-38(46)43-34-35-44-39(47)32-33-40-45-41(36-27-22-20-23-28-36)42(48-40)37-29-24-21-25-30-37/h3-4,6-7,9-10,12-13,15-16,18-25,27-30H,2,5,8,11,14,17,26,31-35H2,1H3,(H,43,46)(H,44,47)/b4-3-,7-6-,10-9-,13-12-,16-15-,19-18-. The van der Waals surface area contributed by atoms with E-state index in [0.717, 1.165) is 55.3 Å². The zero-order valence-electron chi connectivity index (χ0n) is 28.4. The van der Waals surface area contributed by atoms with Gasteiger partial charge in [-0.3, -0.25) is 9.59 Å². The van der Waals surface area contributed by atoms with Gasteiger partial charge >= 0.3 is 0 Å². The van der Waals surface area contributed by atoms with E-state index >= 15 is 0 Å². The number of carbonyl (C=O) groups excluding carboxylic acids is 2. The van der Waals surface area contributed by atoms with E-state index in [2.05, 4.69) is 84.4 Å². The lowest BCUT2D eigenvalue weighted by molar-refractivity contribution is -0.122. The fourth-order valence-corrected chi connectivity index (χ4v) is 4.70. The fourth-order valence-electron chi connectivity index (χ4n) is 4.70. The number of aryl methyl sites for hydroxylation is 1. The quantitative estimate of drug-likeness (QED) is 0.0842. The van der Waals surface area contributed by atoms with Crippen LogP contribution in [0, 0.1) is 0 Å². The number of amides is 2. The summed E-state index contributed by atoms with van der Waals surface area (Å²) in [6.07, 6.45) is 33.6. The molecular weight excluding hydrogens is 594 g/mol. The van der Waals surface area contributed by atoms with Crippen molar-refractivity contribution in [3.8, 4) is 22.6 Å². The van der Waals surface area contributed by atoms with Crippen LogP contribution in [-0.4, -0.2) is 29.9 Å². The first kappa shape index (κ1) is 37.5. The van der Waals surface area contributed by atoms with Crippen LogP contribution >= 0.6 is 0 Å². The van der Waals surface area contributed by atoms with Crippen molar-refractivity contribution in [1.29, 1.82) is 0 Å². The van der Waals surface area contributed by atoms with Gasteiger partial charge in [0.25, 0.3) is 0 Å². The molecule has 0 fully saturated rings. The number of nitrogens with zero attached hydrogens (tertiary/aromatic N) is 1. The molecule has 0 spiro atoms. The Balaban J connectivity index is 1.21. The van der Waals surface area contributed by atoms with E-state index in [-0.39, 0.29) is 18.2 Å². The summed E-state index contributed by atoms with van der Waals surface area (Å²) in [5.74, 6) is 1.09. The van der Waals surface area contributed by atoms with Crippen LogP contribution < -0.4 is 10.6 Å². The number of nitrogens with one attached hydrogen (secondary N) is 2. The summed E-state index contributed by atoms with van der Waals surface area (Å²) in [6.45, 7) is 2.92.